The van der Waals surface area contributed by atoms with Crippen LogP contribution in [0.4, 0.5) is 19.0 Å². The van der Waals surface area contributed by atoms with E-state index in [0.717, 1.165) is 6.20 Å². The summed E-state index contributed by atoms with van der Waals surface area (Å²) in [6.07, 6.45) is 3.77. The number of hydrogen-bond donors (Lipinski definition) is 1. The van der Waals surface area contributed by atoms with Gasteiger partial charge in [0, 0.05) is 11.3 Å². The second-order valence-electron chi connectivity index (χ2n) is 7.66. The number of aromatic nitrogens is 4. The molecule has 0 amide bonds. The molecule has 1 atom stereocenters. The molecular formula is C20H19F3N6O2. The van der Waals surface area contributed by atoms with Crippen molar-refractivity contribution >= 4 is 17.2 Å². The zero-order valence-electron chi connectivity index (χ0n) is 16.6. The number of pyridine rings is 1. The summed E-state index contributed by atoms with van der Waals surface area (Å²) in [5.74, 6) is -3.24. The SMILES string of the molecule is C=C1NC[C@H](C)Oc2ncc(F)cc2CN2CC(F)(F)COc3cn4ncc1c4nc32. The Morgan fingerprint density at radius 3 is 3.00 bits per heavy atom. The fourth-order valence-corrected chi connectivity index (χ4v) is 3.63. The number of fused-ring (bicyclic) bond motifs is 1. The lowest BCUT2D eigenvalue weighted by atomic mass is 10.2. The molecule has 1 N–H and O–H groups in total. The van der Waals surface area contributed by atoms with Crippen LogP contribution in [-0.4, -0.2) is 51.3 Å². The molecule has 3 aromatic heterocycles. The lowest BCUT2D eigenvalue weighted by molar-refractivity contribution is -0.0293. The molecule has 2 aliphatic heterocycles. The number of halogens is 3. The van der Waals surface area contributed by atoms with E-state index in [4.69, 9.17) is 9.47 Å². The molecule has 0 aromatic carbocycles. The Morgan fingerprint density at radius 2 is 2.16 bits per heavy atom. The molecule has 0 spiro atoms. The first-order chi connectivity index (χ1) is 14.8. The van der Waals surface area contributed by atoms with Crippen molar-refractivity contribution in [2.24, 2.45) is 0 Å². The van der Waals surface area contributed by atoms with Crippen LogP contribution in [-0.2, 0) is 6.54 Å². The number of anilines is 1. The molecule has 3 aromatic rings. The molecule has 31 heavy (non-hydrogen) atoms. The molecule has 2 bridgehead atoms. The van der Waals surface area contributed by atoms with Gasteiger partial charge in [-0.05, 0) is 13.0 Å². The van der Waals surface area contributed by atoms with Crippen molar-refractivity contribution < 1.29 is 22.6 Å². The van der Waals surface area contributed by atoms with Crippen molar-refractivity contribution in [3.05, 3.63) is 48.2 Å². The maximum Gasteiger partial charge on any atom is 0.298 e. The smallest absolute Gasteiger partial charge is 0.298 e. The third-order valence-corrected chi connectivity index (χ3v) is 5.10. The molecule has 0 unspecified atom stereocenters. The largest absolute Gasteiger partial charge is 0.482 e. The van der Waals surface area contributed by atoms with Crippen LogP contribution in [0.5, 0.6) is 11.6 Å². The predicted octanol–water partition coefficient (Wildman–Crippen LogP) is 2.64. The number of alkyl halides is 2. The number of nitrogens with one attached hydrogen (secondary N) is 1. The molecule has 0 aliphatic carbocycles. The summed E-state index contributed by atoms with van der Waals surface area (Å²) in [6.45, 7) is 4.65. The van der Waals surface area contributed by atoms with Gasteiger partial charge in [0.05, 0.1) is 43.8 Å². The van der Waals surface area contributed by atoms with Crippen molar-refractivity contribution in [2.45, 2.75) is 25.5 Å². The van der Waals surface area contributed by atoms with Crippen molar-refractivity contribution in [2.75, 3.05) is 24.6 Å². The Hall–Kier alpha value is -3.50. The normalized spacial score (nSPS) is 20.5. The zero-order valence-corrected chi connectivity index (χ0v) is 16.6. The van der Waals surface area contributed by atoms with Gasteiger partial charge in [0.15, 0.2) is 23.8 Å². The van der Waals surface area contributed by atoms with Gasteiger partial charge < -0.3 is 19.7 Å². The summed E-state index contributed by atoms with van der Waals surface area (Å²) >= 11 is 0. The molecule has 0 fully saturated rings. The minimum atomic E-state index is -3.15. The van der Waals surface area contributed by atoms with E-state index in [1.54, 1.807) is 6.20 Å². The standard InChI is InChI=1S/C20H19F3N6O2/c1-11-4-24-12(2)15-6-26-29-8-16-18(27-17(15)29)28(9-20(22,23)10-30-16)7-13-3-14(21)5-25-19(13)31-11/h3,5-6,8,11,24H,2,4,7,9-10H2,1H3/t11-/m0/s1. The molecule has 2 aliphatic rings. The van der Waals surface area contributed by atoms with E-state index in [-0.39, 0.29) is 30.1 Å². The quantitative estimate of drug-likeness (QED) is 0.585. The van der Waals surface area contributed by atoms with Gasteiger partial charge in [0.1, 0.15) is 11.9 Å². The Kier molecular flexibility index (Phi) is 4.42. The Bertz CT molecular complexity index is 1180. The van der Waals surface area contributed by atoms with E-state index in [1.807, 2.05) is 6.92 Å². The van der Waals surface area contributed by atoms with Crippen molar-refractivity contribution in [1.82, 2.24) is 24.9 Å². The highest BCUT2D eigenvalue weighted by atomic mass is 19.3. The van der Waals surface area contributed by atoms with Gasteiger partial charge in [-0.15, -0.1) is 0 Å². The van der Waals surface area contributed by atoms with E-state index in [0.29, 0.717) is 29.0 Å². The highest BCUT2D eigenvalue weighted by Crippen LogP contribution is 2.36. The topological polar surface area (TPSA) is 76.8 Å². The summed E-state index contributed by atoms with van der Waals surface area (Å²) in [7, 11) is 0. The number of hydrogen-bond acceptors (Lipinski definition) is 7. The maximum atomic E-state index is 14.5. The molecule has 11 heteroatoms. The highest BCUT2D eigenvalue weighted by molar-refractivity contribution is 5.75. The zero-order chi connectivity index (χ0) is 21.8. The van der Waals surface area contributed by atoms with Gasteiger partial charge >= 0.3 is 0 Å². The van der Waals surface area contributed by atoms with Gasteiger partial charge in [-0.3, -0.25) is 0 Å². The van der Waals surface area contributed by atoms with Gasteiger partial charge in [-0.2, -0.15) is 5.10 Å². The molecule has 162 valence electrons. The van der Waals surface area contributed by atoms with E-state index < -0.39 is 24.9 Å². The Labute approximate surface area is 175 Å². The first-order valence-electron chi connectivity index (χ1n) is 9.67. The predicted molar refractivity (Wildman–Crippen MR) is 106 cm³/mol. The summed E-state index contributed by atoms with van der Waals surface area (Å²) in [4.78, 5) is 9.97. The molecule has 0 saturated carbocycles. The maximum absolute atomic E-state index is 14.5. The summed E-state index contributed by atoms with van der Waals surface area (Å²) < 4.78 is 55.7. The third kappa shape index (κ3) is 3.60. The minimum Gasteiger partial charge on any atom is -0.482 e. The van der Waals surface area contributed by atoms with Crippen LogP contribution in [0.15, 0.2) is 31.2 Å². The van der Waals surface area contributed by atoms with E-state index in [1.165, 1.54) is 21.7 Å². The van der Waals surface area contributed by atoms with Crippen LogP contribution < -0.4 is 19.7 Å². The van der Waals surface area contributed by atoms with Crippen LogP contribution in [0, 0.1) is 5.82 Å². The van der Waals surface area contributed by atoms with Gasteiger partial charge in [0.2, 0.25) is 5.88 Å². The van der Waals surface area contributed by atoms with Crippen LogP contribution in [0.1, 0.15) is 18.1 Å². The van der Waals surface area contributed by atoms with Crippen LogP contribution in [0.2, 0.25) is 0 Å². The van der Waals surface area contributed by atoms with Gasteiger partial charge in [0.25, 0.3) is 5.92 Å². The summed E-state index contributed by atoms with van der Waals surface area (Å²) in [5.41, 5.74) is 1.92. The van der Waals surface area contributed by atoms with Crippen LogP contribution in [0.3, 0.4) is 0 Å². The minimum absolute atomic E-state index is 0.0974. The average molecular weight is 432 g/mol. The summed E-state index contributed by atoms with van der Waals surface area (Å²) in [5, 5.41) is 7.42. The fraction of sp³-hybridized carbons (Fsp3) is 0.350. The molecule has 8 nitrogen and oxygen atoms in total. The lowest BCUT2D eigenvalue weighted by Gasteiger charge is -2.26. The monoisotopic (exact) mass is 432 g/mol. The van der Waals surface area contributed by atoms with Crippen LogP contribution in [0.25, 0.3) is 11.3 Å². The van der Waals surface area contributed by atoms with Crippen molar-refractivity contribution in [1.29, 1.82) is 0 Å². The van der Waals surface area contributed by atoms with Crippen LogP contribution >= 0.6 is 0 Å². The highest BCUT2D eigenvalue weighted by Gasteiger charge is 2.38. The van der Waals surface area contributed by atoms with E-state index >= 15 is 0 Å². The third-order valence-electron chi connectivity index (χ3n) is 5.10. The Morgan fingerprint density at radius 1 is 1.32 bits per heavy atom. The molecule has 5 rings (SSSR count). The van der Waals surface area contributed by atoms with E-state index in [2.05, 4.69) is 27.0 Å². The average Bonchev–Trinajstić information content (AvgIpc) is 3.08. The Balaban J connectivity index is 1.71. The van der Waals surface area contributed by atoms with Crippen molar-refractivity contribution in [3.63, 3.8) is 0 Å². The number of nitrogens with zero attached hydrogens (tertiary/aromatic N) is 5. The molecular weight excluding hydrogens is 413 g/mol. The first kappa shape index (κ1) is 19.5. The number of rotatable bonds is 0. The second-order valence-corrected chi connectivity index (χ2v) is 7.66. The molecule has 0 radical (unpaired) electrons. The van der Waals surface area contributed by atoms with Gasteiger partial charge in [-0.1, -0.05) is 6.58 Å². The molecule has 0 saturated heterocycles. The number of ether oxygens (including phenoxy) is 2. The van der Waals surface area contributed by atoms with Gasteiger partial charge in [-0.25, -0.2) is 27.7 Å². The second kappa shape index (κ2) is 7.03. The fourth-order valence-electron chi connectivity index (χ4n) is 3.63. The summed E-state index contributed by atoms with van der Waals surface area (Å²) in [6, 6.07) is 1.23. The first-order valence-corrected chi connectivity index (χ1v) is 9.67. The van der Waals surface area contributed by atoms with E-state index in [9.17, 15) is 13.2 Å². The lowest BCUT2D eigenvalue weighted by Crippen LogP contribution is -2.38. The molecule has 5 heterocycles. The van der Waals surface area contributed by atoms with Crippen molar-refractivity contribution in [3.8, 4) is 11.6 Å².